The van der Waals surface area contributed by atoms with Crippen molar-refractivity contribution >= 4 is 11.7 Å². The highest BCUT2D eigenvalue weighted by Crippen LogP contribution is 2.27. The molecule has 0 aliphatic heterocycles. The lowest BCUT2D eigenvalue weighted by atomic mass is 10.2. The van der Waals surface area contributed by atoms with Crippen molar-refractivity contribution in [1.82, 2.24) is 5.32 Å². The molecular formula is C12H15FN2O. The molecule has 2 rings (SSSR count). The molecular weight excluding hydrogens is 207 g/mol. The van der Waals surface area contributed by atoms with E-state index in [0.717, 1.165) is 0 Å². The third kappa shape index (κ3) is 2.95. The molecule has 1 fully saturated rings. The molecule has 1 saturated carbocycles. The van der Waals surface area contributed by atoms with E-state index < -0.39 is 0 Å². The quantitative estimate of drug-likeness (QED) is 0.811. The average Bonchev–Trinajstić information content (AvgIpc) is 3.04. The van der Waals surface area contributed by atoms with E-state index in [1.807, 2.05) is 0 Å². The summed E-state index contributed by atoms with van der Waals surface area (Å²) in [6, 6.07) is 4.39. The summed E-state index contributed by atoms with van der Waals surface area (Å²) in [5.74, 6) is 0.334. The van der Waals surface area contributed by atoms with Gasteiger partial charge in [0.2, 0.25) is 0 Å². The first-order valence-corrected chi connectivity index (χ1v) is 5.46. The maximum Gasteiger partial charge on any atom is 0.319 e. The molecule has 0 saturated heterocycles. The summed E-state index contributed by atoms with van der Waals surface area (Å²) in [5.41, 5.74) is 1.06. The summed E-state index contributed by atoms with van der Waals surface area (Å²) >= 11 is 0. The second-order valence-corrected chi connectivity index (χ2v) is 4.24. The van der Waals surface area contributed by atoms with Gasteiger partial charge in [0.25, 0.3) is 0 Å². The van der Waals surface area contributed by atoms with Gasteiger partial charge in [-0.3, -0.25) is 0 Å². The second-order valence-electron chi connectivity index (χ2n) is 4.24. The van der Waals surface area contributed by atoms with Crippen LogP contribution in [0.25, 0.3) is 0 Å². The number of carbonyl (C=O) groups excluding carboxylic acids is 1. The highest BCUT2D eigenvalue weighted by atomic mass is 19.1. The smallest absolute Gasteiger partial charge is 0.319 e. The molecule has 0 aromatic heterocycles. The Hall–Kier alpha value is -1.58. The van der Waals surface area contributed by atoms with E-state index in [1.165, 1.54) is 18.9 Å². The zero-order valence-electron chi connectivity index (χ0n) is 9.22. The first-order chi connectivity index (χ1) is 7.65. The third-order valence-corrected chi connectivity index (χ3v) is 2.68. The number of urea groups is 1. The van der Waals surface area contributed by atoms with Gasteiger partial charge in [0, 0.05) is 12.2 Å². The van der Waals surface area contributed by atoms with Crippen molar-refractivity contribution in [3.8, 4) is 0 Å². The SMILES string of the molecule is Cc1ccc(NC(=O)NCC2CC2)cc1F. The molecule has 16 heavy (non-hydrogen) atoms. The molecule has 1 aromatic carbocycles. The fourth-order valence-electron chi connectivity index (χ4n) is 1.40. The highest BCUT2D eigenvalue weighted by molar-refractivity contribution is 5.89. The molecule has 4 heteroatoms. The molecule has 0 heterocycles. The predicted octanol–water partition coefficient (Wildman–Crippen LogP) is 2.67. The Morgan fingerprint density at radius 3 is 2.88 bits per heavy atom. The van der Waals surface area contributed by atoms with E-state index in [9.17, 15) is 9.18 Å². The van der Waals surface area contributed by atoms with Gasteiger partial charge in [-0.25, -0.2) is 9.18 Å². The normalized spacial score (nSPS) is 14.6. The molecule has 0 spiro atoms. The molecule has 0 unspecified atom stereocenters. The van der Waals surface area contributed by atoms with Gasteiger partial charge in [0.15, 0.2) is 0 Å². The molecule has 86 valence electrons. The van der Waals surface area contributed by atoms with Gasteiger partial charge in [-0.1, -0.05) is 6.07 Å². The molecule has 1 aromatic rings. The zero-order chi connectivity index (χ0) is 11.5. The van der Waals surface area contributed by atoms with Crippen molar-refractivity contribution in [3.63, 3.8) is 0 Å². The standard InChI is InChI=1S/C12H15FN2O/c1-8-2-5-10(6-11(8)13)15-12(16)14-7-9-3-4-9/h2,5-6,9H,3-4,7H2,1H3,(H2,14,15,16). The number of halogens is 1. The van der Waals surface area contributed by atoms with Crippen LogP contribution in [-0.4, -0.2) is 12.6 Å². The van der Waals surface area contributed by atoms with Crippen LogP contribution in [-0.2, 0) is 0 Å². The van der Waals surface area contributed by atoms with Crippen molar-refractivity contribution in [3.05, 3.63) is 29.6 Å². The Labute approximate surface area is 94.0 Å². The van der Waals surface area contributed by atoms with Gasteiger partial charge >= 0.3 is 6.03 Å². The second kappa shape index (κ2) is 4.51. The molecule has 0 atom stereocenters. The molecule has 1 aliphatic carbocycles. The van der Waals surface area contributed by atoms with Crippen LogP contribution >= 0.6 is 0 Å². The first-order valence-electron chi connectivity index (χ1n) is 5.46. The first kappa shape index (κ1) is 10.9. The Balaban J connectivity index is 1.86. The number of rotatable bonds is 3. The van der Waals surface area contributed by atoms with Gasteiger partial charge in [0.1, 0.15) is 5.82 Å². The molecule has 2 N–H and O–H groups in total. The maximum atomic E-state index is 13.2. The van der Waals surface area contributed by atoms with Crippen molar-refractivity contribution in [2.75, 3.05) is 11.9 Å². The monoisotopic (exact) mass is 222 g/mol. The number of benzene rings is 1. The molecule has 1 aliphatic rings. The lowest BCUT2D eigenvalue weighted by molar-refractivity contribution is 0.251. The van der Waals surface area contributed by atoms with Crippen molar-refractivity contribution in [2.24, 2.45) is 5.92 Å². The van der Waals surface area contributed by atoms with Crippen LogP contribution in [0.1, 0.15) is 18.4 Å². The van der Waals surface area contributed by atoms with Gasteiger partial charge in [0.05, 0.1) is 0 Å². The summed E-state index contributed by atoms with van der Waals surface area (Å²) in [5, 5.41) is 5.36. The van der Waals surface area contributed by atoms with Crippen molar-refractivity contribution in [1.29, 1.82) is 0 Å². The lowest BCUT2D eigenvalue weighted by Gasteiger charge is -2.07. The molecule has 3 nitrogen and oxygen atoms in total. The van der Waals surface area contributed by atoms with Crippen LogP contribution in [0.2, 0.25) is 0 Å². The summed E-state index contributed by atoms with van der Waals surface area (Å²) < 4.78 is 13.2. The summed E-state index contributed by atoms with van der Waals surface area (Å²) in [6.45, 7) is 2.40. The van der Waals surface area contributed by atoms with Crippen LogP contribution in [0.3, 0.4) is 0 Å². The Morgan fingerprint density at radius 1 is 1.50 bits per heavy atom. The zero-order valence-corrected chi connectivity index (χ0v) is 9.22. The summed E-state index contributed by atoms with van der Waals surface area (Å²) in [7, 11) is 0. The van der Waals surface area contributed by atoms with Crippen molar-refractivity contribution < 1.29 is 9.18 Å². The minimum atomic E-state index is -0.306. The summed E-state index contributed by atoms with van der Waals surface area (Å²) in [4.78, 5) is 11.4. The van der Waals surface area contributed by atoms with E-state index in [2.05, 4.69) is 10.6 Å². The minimum Gasteiger partial charge on any atom is -0.338 e. The third-order valence-electron chi connectivity index (χ3n) is 2.68. The van der Waals surface area contributed by atoms with Crippen LogP contribution in [0.15, 0.2) is 18.2 Å². The van der Waals surface area contributed by atoms with Crippen LogP contribution in [0.4, 0.5) is 14.9 Å². The number of amides is 2. The Kier molecular flexibility index (Phi) is 3.08. The molecule has 2 amide bonds. The number of nitrogens with one attached hydrogen (secondary N) is 2. The molecule has 0 radical (unpaired) electrons. The minimum absolute atomic E-state index is 0.268. The van der Waals surface area contributed by atoms with Crippen molar-refractivity contribution in [2.45, 2.75) is 19.8 Å². The number of hydrogen-bond donors (Lipinski definition) is 2. The van der Waals surface area contributed by atoms with Gasteiger partial charge in [-0.15, -0.1) is 0 Å². The van der Waals surface area contributed by atoms with Gasteiger partial charge in [-0.05, 0) is 43.4 Å². The van der Waals surface area contributed by atoms with E-state index in [4.69, 9.17) is 0 Å². The molecule has 0 bridgehead atoms. The van der Waals surface area contributed by atoms with Gasteiger partial charge in [-0.2, -0.15) is 0 Å². The largest absolute Gasteiger partial charge is 0.338 e. The number of carbonyl (C=O) groups is 1. The van der Waals surface area contributed by atoms with E-state index in [0.29, 0.717) is 23.7 Å². The fourth-order valence-corrected chi connectivity index (χ4v) is 1.40. The highest BCUT2D eigenvalue weighted by Gasteiger charge is 2.21. The van der Waals surface area contributed by atoms with Crippen LogP contribution in [0, 0.1) is 18.7 Å². The van der Waals surface area contributed by atoms with E-state index in [-0.39, 0.29) is 11.8 Å². The van der Waals surface area contributed by atoms with Crippen LogP contribution < -0.4 is 10.6 Å². The maximum absolute atomic E-state index is 13.2. The lowest BCUT2D eigenvalue weighted by Crippen LogP contribution is -2.30. The van der Waals surface area contributed by atoms with E-state index >= 15 is 0 Å². The van der Waals surface area contributed by atoms with Crippen LogP contribution in [0.5, 0.6) is 0 Å². The number of anilines is 1. The topological polar surface area (TPSA) is 41.1 Å². The Bertz CT molecular complexity index is 402. The number of aryl methyl sites for hydroxylation is 1. The number of hydrogen-bond acceptors (Lipinski definition) is 1. The fraction of sp³-hybridized carbons (Fsp3) is 0.417. The van der Waals surface area contributed by atoms with Gasteiger partial charge < -0.3 is 10.6 Å². The summed E-state index contributed by atoms with van der Waals surface area (Å²) in [6.07, 6.45) is 2.39. The predicted molar refractivity (Wildman–Crippen MR) is 60.9 cm³/mol. The average molecular weight is 222 g/mol. The van der Waals surface area contributed by atoms with E-state index in [1.54, 1.807) is 19.1 Å². The Morgan fingerprint density at radius 2 is 2.25 bits per heavy atom.